The average molecular weight is 311 g/mol. The van der Waals surface area contributed by atoms with Crippen molar-refractivity contribution in [3.05, 3.63) is 60.2 Å². The minimum Gasteiger partial charge on any atom is -0.490 e. The number of ether oxygens (including phenoxy) is 2. The third-order valence-corrected chi connectivity index (χ3v) is 4.29. The fraction of sp³-hybridized carbons (Fsp3) is 0.400. The predicted molar refractivity (Wildman–Crippen MR) is 93.0 cm³/mol. The Kier molecular flexibility index (Phi) is 5.54. The highest BCUT2D eigenvalue weighted by Crippen LogP contribution is 2.36. The molecule has 1 fully saturated rings. The molecule has 1 N–H and O–H groups in total. The van der Waals surface area contributed by atoms with Crippen LogP contribution in [0.1, 0.15) is 31.4 Å². The maximum Gasteiger partial charge on any atom is 0.162 e. The standard InChI is InChI=1S/C20H25NO2/c1-2-22-18-12-6-7-13-19(18)23-20(16-9-4-3-5-10-16)17-11-8-14-21-15-17/h3-7,9-10,12-13,17,20-21H,2,8,11,14-15H2,1H3/t17-,20-/m0/s1. The van der Waals surface area contributed by atoms with Crippen molar-refractivity contribution < 1.29 is 9.47 Å². The summed E-state index contributed by atoms with van der Waals surface area (Å²) in [6.07, 6.45) is 2.43. The van der Waals surface area contributed by atoms with Crippen molar-refractivity contribution in [2.75, 3.05) is 19.7 Å². The van der Waals surface area contributed by atoms with Gasteiger partial charge in [0.2, 0.25) is 0 Å². The number of nitrogens with one attached hydrogen (secondary N) is 1. The molecule has 0 aromatic heterocycles. The lowest BCUT2D eigenvalue weighted by Crippen LogP contribution is -2.35. The first-order chi connectivity index (χ1) is 11.4. The largest absolute Gasteiger partial charge is 0.490 e. The van der Waals surface area contributed by atoms with E-state index in [-0.39, 0.29) is 6.10 Å². The monoisotopic (exact) mass is 311 g/mol. The summed E-state index contributed by atoms with van der Waals surface area (Å²) in [5.41, 5.74) is 1.23. The van der Waals surface area contributed by atoms with E-state index in [1.54, 1.807) is 0 Å². The van der Waals surface area contributed by atoms with Crippen molar-refractivity contribution in [1.29, 1.82) is 0 Å². The maximum absolute atomic E-state index is 6.46. The summed E-state index contributed by atoms with van der Waals surface area (Å²) in [7, 11) is 0. The molecule has 3 nitrogen and oxygen atoms in total. The van der Waals surface area contributed by atoms with Crippen LogP contribution in [0.3, 0.4) is 0 Å². The molecule has 0 amide bonds. The Labute approximate surface area is 138 Å². The summed E-state index contributed by atoms with van der Waals surface area (Å²) in [4.78, 5) is 0. The summed E-state index contributed by atoms with van der Waals surface area (Å²) in [6, 6.07) is 18.5. The van der Waals surface area contributed by atoms with E-state index in [4.69, 9.17) is 9.47 Å². The SMILES string of the molecule is CCOc1ccccc1O[C@@H](c1ccccc1)[C@H]1CCCNC1. The second-order valence-electron chi connectivity index (χ2n) is 5.94. The van der Waals surface area contributed by atoms with Gasteiger partial charge in [0.25, 0.3) is 0 Å². The quantitative estimate of drug-likeness (QED) is 0.867. The molecular formula is C20H25NO2. The third-order valence-electron chi connectivity index (χ3n) is 4.29. The van der Waals surface area contributed by atoms with E-state index >= 15 is 0 Å². The Morgan fingerprint density at radius 1 is 1.04 bits per heavy atom. The Bertz CT molecular complexity index is 594. The minimum absolute atomic E-state index is 0.0469. The highest BCUT2D eigenvalue weighted by Gasteiger charge is 2.27. The van der Waals surface area contributed by atoms with Gasteiger partial charge >= 0.3 is 0 Å². The molecule has 2 atom stereocenters. The molecule has 2 aromatic carbocycles. The van der Waals surface area contributed by atoms with E-state index in [2.05, 4.69) is 29.6 Å². The molecule has 2 aromatic rings. The molecule has 122 valence electrons. The molecule has 3 rings (SSSR count). The van der Waals surface area contributed by atoms with Crippen molar-refractivity contribution in [2.45, 2.75) is 25.9 Å². The molecule has 0 aliphatic carbocycles. The van der Waals surface area contributed by atoms with Crippen molar-refractivity contribution in [2.24, 2.45) is 5.92 Å². The second kappa shape index (κ2) is 8.02. The molecule has 1 heterocycles. The first-order valence-corrected chi connectivity index (χ1v) is 8.52. The van der Waals surface area contributed by atoms with Crippen molar-refractivity contribution >= 4 is 0 Å². The molecule has 23 heavy (non-hydrogen) atoms. The lowest BCUT2D eigenvalue weighted by Gasteiger charge is -2.32. The minimum atomic E-state index is 0.0469. The molecular weight excluding hydrogens is 286 g/mol. The first-order valence-electron chi connectivity index (χ1n) is 8.52. The Hall–Kier alpha value is -2.00. The molecule has 1 aliphatic rings. The van der Waals surface area contributed by atoms with Gasteiger partial charge in [-0.3, -0.25) is 0 Å². The summed E-state index contributed by atoms with van der Waals surface area (Å²) in [5.74, 6) is 2.12. The molecule has 0 unspecified atom stereocenters. The summed E-state index contributed by atoms with van der Waals surface area (Å²) in [5, 5.41) is 3.50. The van der Waals surface area contributed by atoms with Crippen LogP contribution >= 0.6 is 0 Å². The molecule has 0 spiro atoms. The molecule has 0 saturated carbocycles. The van der Waals surface area contributed by atoms with Crippen LogP contribution in [0.15, 0.2) is 54.6 Å². The number of benzene rings is 2. The number of hydrogen-bond donors (Lipinski definition) is 1. The van der Waals surface area contributed by atoms with Gasteiger partial charge in [0, 0.05) is 12.5 Å². The van der Waals surface area contributed by atoms with Gasteiger partial charge in [-0.1, -0.05) is 42.5 Å². The van der Waals surface area contributed by atoms with Crippen LogP contribution in [0.25, 0.3) is 0 Å². The Morgan fingerprint density at radius 3 is 2.48 bits per heavy atom. The molecule has 1 saturated heterocycles. The first kappa shape index (κ1) is 15.9. The normalized spacial score (nSPS) is 19.1. The van der Waals surface area contributed by atoms with Crippen LogP contribution in [0, 0.1) is 5.92 Å². The van der Waals surface area contributed by atoms with Gasteiger partial charge in [-0.25, -0.2) is 0 Å². The van der Waals surface area contributed by atoms with E-state index in [1.165, 1.54) is 18.4 Å². The highest BCUT2D eigenvalue weighted by molar-refractivity contribution is 5.40. The Balaban J connectivity index is 1.86. The molecule has 3 heteroatoms. The van der Waals surface area contributed by atoms with E-state index in [9.17, 15) is 0 Å². The average Bonchev–Trinajstić information content (AvgIpc) is 2.63. The predicted octanol–water partition coefficient (Wildman–Crippen LogP) is 4.21. The number of rotatable bonds is 6. The van der Waals surface area contributed by atoms with Crippen molar-refractivity contribution in [3.63, 3.8) is 0 Å². The van der Waals surface area contributed by atoms with Gasteiger partial charge in [-0.2, -0.15) is 0 Å². The third kappa shape index (κ3) is 4.05. The van der Waals surface area contributed by atoms with Crippen molar-refractivity contribution in [3.8, 4) is 11.5 Å². The zero-order valence-electron chi connectivity index (χ0n) is 13.7. The van der Waals surface area contributed by atoms with Crippen LogP contribution in [-0.2, 0) is 0 Å². The van der Waals surface area contributed by atoms with Crippen LogP contribution in [-0.4, -0.2) is 19.7 Å². The smallest absolute Gasteiger partial charge is 0.162 e. The topological polar surface area (TPSA) is 30.5 Å². The van der Waals surface area contributed by atoms with Crippen molar-refractivity contribution in [1.82, 2.24) is 5.32 Å². The lowest BCUT2D eigenvalue weighted by molar-refractivity contribution is 0.111. The van der Waals surface area contributed by atoms with E-state index in [0.717, 1.165) is 24.6 Å². The van der Waals surface area contributed by atoms with E-state index in [0.29, 0.717) is 12.5 Å². The molecule has 0 bridgehead atoms. The van der Waals surface area contributed by atoms with Gasteiger partial charge in [-0.05, 0) is 44.0 Å². The van der Waals surface area contributed by atoms with E-state index < -0.39 is 0 Å². The van der Waals surface area contributed by atoms with E-state index in [1.807, 2.05) is 37.3 Å². The van der Waals surface area contributed by atoms with Crippen LogP contribution in [0.2, 0.25) is 0 Å². The fourth-order valence-electron chi connectivity index (χ4n) is 3.18. The number of piperidine rings is 1. The number of para-hydroxylation sites is 2. The second-order valence-corrected chi connectivity index (χ2v) is 5.94. The highest BCUT2D eigenvalue weighted by atomic mass is 16.5. The molecule has 0 radical (unpaired) electrons. The summed E-state index contributed by atoms with van der Waals surface area (Å²) < 4.78 is 12.2. The van der Waals surface area contributed by atoms with Gasteiger partial charge in [-0.15, -0.1) is 0 Å². The van der Waals surface area contributed by atoms with Gasteiger partial charge in [0.05, 0.1) is 6.61 Å². The maximum atomic E-state index is 6.46. The van der Waals surface area contributed by atoms with Crippen LogP contribution in [0.5, 0.6) is 11.5 Å². The summed E-state index contributed by atoms with van der Waals surface area (Å²) in [6.45, 7) is 4.74. The van der Waals surface area contributed by atoms with Gasteiger partial charge in [0.15, 0.2) is 11.5 Å². The van der Waals surface area contributed by atoms with Gasteiger partial charge < -0.3 is 14.8 Å². The number of hydrogen-bond acceptors (Lipinski definition) is 3. The fourth-order valence-corrected chi connectivity index (χ4v) is 3.18. The van der Waals surface area contributed by atoms with Crippen LogP contribution in [0.4, 0.5) is 0 Å². The zero-order chi connectivity index (χ0) is 15.9. The molecule has 1 aliphatic heterocycles. The Morgan fingerprint density at radius 2 is 1.78 bits per heavy atom. The lowest BCUT2D eigenvalue weighted by atomic mass is 9.89. The van der Waals surface area contributed by atoms with Gasteiger partial charge in [0.1, 0.15) is 6.10 Å². The zero-order valence-corrected chi connectivity index (χ0v) is 13.7. The summed E-state index contributed by atoms with van der Waals surface area (Å²) >= 11 is 0. The van der Waals surface area contributed by atoms with Crippen LogP contribution < -0.4 is 14.8 Å².